The number of ether oxygens (including phenoxy) is 4. The molecule has 0 saturated heterocycles. The maximum atomic E-state index is 12.8. The molecule has 0 aliphatic heterocycles. The van der Waals surface area contributed by atoms with Crippen LogP contribution in [0.4, 0.5) is 0 Å². The van der Waals surface area contributed by atoms with Gasteiger partial charge in [0, 0.05) is 12.8 Å². The highest BCUT2D eigenvalue weighted by Gasteiger charge is 2.22. The number of unbranched alkanes of at least 4 members (excludes halogenated alkanes) is 27. The molecule has 0 aliphatic rings. The minimum Gasteiger partial charge on any atom is -0.545 e. The van der Waals surface area contributed by atoms with E-state index < -0.39 is 24.3 Å². The van der Waals surface area contributed by atoms with Gasteiger partial charge in [0.1, 0.15) is 13.2 Å². The van der Waals surface area contributed by atoms with Crippen molar-refractivity contribution in [1.82, 2.24) is 0 Å². The van der Waals surface area contributed by atoms with E-state index in [-0.39, 0.29) is 38.6 Å². The van der Waals surface area contributed by atoms with Gasteiger partial charge >= 0.3 is 11.9 Å². The maximum absolute atomic E-state index is 12.8. The van der Waals surface area contributed by atoms with Gasteiger partial charge in [0.25, 0.3) is 0 Å². The van der Waals surface area contributed by atoms with Gasteiger partial charge < -0.3 is 33.3 Å². The van der Waals surface area contributed by atoms with Crippen molar-refractivity contribution >= 4 is 17.9 Å². The predicted octanol–water partition coefficient (Wildman–Crippen LogP) is 15.1. The van der Waals surface area contributed by atoms with Crippen molar-refractivity contribution in [3.63, 3.8) is 0 Å². The summed E-state index contributed by atoms with van der Waals surface area (Å²) >= 11 is 0. The van der Waals surface area contributed by atoms with E-state index in [4.69, 9.17) is 18.9 Å². The number of esters is 2. The Balaban J connectivity index is 4.25. The Morgan fingerprint density at radius 2 is 0.826 bits per heavy atom. The molecule has 69 heavy (non-hydrogen) atoms. The molecule has 0 N–H and O–H groups in total. The van der Waals surface area contributed by atoms with Crippen molar-refractivity contribution in [2.45, 2.75) is 257 Å². The minimum atomic E-state index is -1.63. The van der Waals surface area contributed by atoms with E-state index in [1.807, 2.05) is 21.1 Å². The van der Waals surface area contributed by atoms with Gasteiger partial charge in [0.2, 0.25) is 0 Å². The van der Waals surface area contributed by atoms with Crippen LogP contribution in [0.3, 0.4) is 0 Å². The second-order valence-electron chi connectivity index (χ2n) is 20.2. The molecule has 9 nitrogen and oxygen atoms in total. The molecule has 2 unspecified atom stereocenters. The summed E-state index contributed by atoms with van der Waals surface area (Å²) in [5.74, 6) is -2.30. The number of carbonyl (C=O) groups excluding carboxylic acids is 3. The summed E-state index contributed by atoms with van der Waals surface area (Å²) in [6, 6.07) is 0. The van der Waals surface area contributed by atoms with Crippen LogP contribution in [0, 0.1) is 0 Å². The zero-order valence-corrected chi connectivity index (χ0v) is 45.4. The number of carbonyl (C=O) groups is 3. The third-order valence-electron chi connectivity index (χ3n) is 12.2. The summed E-state index contributed by atoms with van der Waals surface area (Å²) in [5.41, 5.74) is 0. The summed E-state index contributed by atoms with van der Waals surface area (Å²) in [7, 11) is 5.91. The first-order valence-corrected chi connectivity index (χ1v) is 28.4. The molecule has 0 rings (SSSR count). The predicted molar refractivity (Wildman–Crippen MR) is 288 cm³/mol. The molecule has 0 saturated carbocycles. The third kappa shape index (κ3) is 52.6. The second-order valence-corrected chi connectivity index (χ2v) is 20.2. The molecule has 2 atom stereocenters. The van der Waals surface area contributed by atoms with Crippen molar-refractivity contribution < 1.29 is 42.9 Å². The molecular formula is C60H107NO8. The highest BCUT2D eigenvalue weighted by molar-refractivity contribution is 5.70. The molecule has 0 aliphatic carbocycles. The monoisotopic (exact) mass is 970 g/mol. The minimum absolute atomic E-state index is 0.143. The van der Waals surface area contributed by atoms with Gasteiger partial charge in [-0.3, -0.25) is 9.59 Å². The van der Waals surface area contributed by atoms with E-state index in [0.29, 0.717) is 17.4 Å². The van der Waals surface area contributed by atoms with Crippen LogP contribution in [0.2, 0.25) is 0 Å². The quantitative estimate of drug-likeness (QED) is 0.0195. The van der Waals surface area contributed by atoms with Gasteiger partial charge in [-0.15, -0.1) is 0 Å². The molecule has 0 radical (unpaired) electrons. The first-order chi connectivity index (χ1) is 33.6. The summed E-state index contributed by atoms with van der Waals surface area (Å²) in [4.78, 5) is 37.3. The number of hydrogen-bond acceptors (Lipinski definition) is 8. The lowest BCUT2D eigenvalue weighted by Crippen LogP contribution is -2.44. The van der Waals surface area contributed by atoms with E-state index in [1.54, 1.807) is 0 Å². The molecule has 0 spiro atoms. The summed E-state index contributed by atoms with van der Waals surface area (Å²) in [5, 5.41) is 11.8. The first kappa shape index (κ1) is 66.0. The van der Waals surface area contributed by atoms with Crippen LogP contribution in [0.1, 0.15) is 245 Å². The van der Waals surface area contributed by atoms with Crippen molar-refractivity contribution in [3.05, 3.63) is 60.8 Å². The van der Waals surface area contributed by atoms with Crippen LogP contribution < -0.4 is 5.11 Å². The summed E-state index contributed by atoms with van der Waals surface area (Å²) in [6.07, 6.45) is 61.2. The van der Waals surface area contributed by atoms with Crippen LogP contribution in [0.5, 0.6) is 0 Å². The summed E-state index contributed by atoms with van der Waals surface area (Å²) < 4.78 is 22.7. The van der Waals surface area contributed by atoms with Crippen molar-refractivity contribution in [2.75, 3.05) is 47.5 Å². The number of carboxylic acids is 1. The molecule has 0 amide bonds. The molecule has 400 valence electrons. The van der Waals surface area contributed by atoms with Crippen LogP contribution in [0.15, 0.2) is 60.8 Å². The Morgan fingerprint density at radius 3 is 1.25 bits per heavy atom. The van der Waals surface area contributed by atoms with Gasteiger partial charge in [0.05, 0.1) is 40.3 Å². The Labute approximate surface area is 425 Å². The second kappa shape index (κ2) is 51.3. The Kier molecular flexibility index (Phi) is 49.1. The molecule has 0 heterocycles. The first-order valence-electron chi connectivity index (χ1n) is 28.4. The van der Waals surface area contributed by atoms with E-state index >= 15 is 0 Å². The number of hydrogen-bond donors (Lipinski definition) is 0. The number of allylic oxidation sites excluding steroid dienone is 10. The van der Waals surface area contributed by atoms with E-state index in [9.17, 15) is 19.5 Å². The maximum Gasteiger partial charge on any atom is 0.306 e. The average molecular weight is 971 g/mol. The normalized spacial score (nSPS) is 13.2. The number of rotatable bonds is 52. The fourth-order valence-corrected chi connectivity index (χ4v) is 7.88. The summed E-state index contributed by atoms with van der Waals surface area (Å²) in [6.45, 7) is 4.63. The highest BCUT2D eigenvalue weighted by atomic mass is 16.7. The number of likely N-dealkylation sites (N-methyl/N-ethyl adjacent to an activating group) is 1. The van der Waals surface area contributed by atoms with Gasteiger partial charge in [0.15, 0.2) is 12.4 Å². The van der Waals surface area contributed by atoms with Crippen LogP contribution in [0.25, 0.3) is 0 Å². The highest BCUT2D eigenvalue weighted by Crippen LogP contribution is 2.16. The van der Waals surface area contributed by atoms with Crippen LogP contribution >= 0.6 is 0 Å². The molecule has 0 aromatic carbocycles. The topological polar surface area (TPSA) is 111 Å². The fraction of sp³-hybridized carbons (Fsp3) is 0.783. The van der Waals surface area contributed by atoms with Gasteiger partial charge in [-0.25, -0.2) is 0 Å². The van der Waals surface area contributed by atoms with E-state index in [0.717, 1.165) is 83.5 Å². The molecule has 0 aromatic rings. The van der Waals surface area contributed by atoms with Crippen LogP contribution in [-0.4, -0.2) is 82.3 Å². The van der Waals surface area contributed by atoms with Gasteiger partial charge in [-0.2, -0.15) is 0 Å². The molecule has 0 fully saturated rings. The lowest BCUT2D eigenvalue weighted by molar-refractivity contribution is -0.870. The fourth-order valence-electron chi connectivity index (χ4n) is 7.88. The average Bonchev–Trinajstić information content (AvgIpc) is 3.31. The number of nitrogens with zero attached hydrogens (tertiary/aromatic N) is 1. The smallest absolute Gasteiger partial charge is 0.306 e. The Hall–Kier alpha value is -3.01. The van der Waals surface area contributed by atoms with E-state index in [2.05, 4.69) is 74.6 Å². The SMILES string of the molecule is CC/C=C\C/C=C\C/C=C\C/C=C\CCCCCCCCC(=O)OC(COC(=O)CCCCCCCCCCCCCCC/C=C\CCCCCCCCCC)COC(OCC[N+](C)(C)C)C(=O)[O-]. The van der Waals surface area contributed by atoms with Gasteiger partial charge in [-0.1, -0.05) is 216 Å². The lowest BCUT2D eigenvalue weighted by atomic mass is 10.0. The number of quaternary nitrogens is 1. The van der Waals surface area contributed by atoms with Crippen molar-refractivity contribution in [2.24, 2.45) is 0 Å². The standard InChI is InChI=1S/C60H107NO8/c1-6-8-10-12-14-16-18-20-22-24-26-27-28-29-30-31-33-34-36-38-40-42-44-46-48-50-57(62)67-54-56(55-68-60(59(64)65)66-53-52-61(3,4)5)69-58(63)51-49-47-45-43-41-39-37-35-32-25-23-21-19-17-15-13-11-9-7-2/h9,11,15,17,21,23-24,26,32,35,56,60H,6-8,10,12-14,16,18-20,22,25,27-31,33-34,36-55H2,1-5H3/b11-9-,17-15-,23-21-,26-24-,35-32-. The van der Waals surface area contributed by atoms with E-state index in [1.165, 1.54) is 128 Å². The number of aliphatic carboxylic acids is 1. The number of carboxylic acid groups (broad SMARTS) is 1. The Morgan fingerprint density at radius 1 is 0.449 bits per heavy atom. The molecule has 9 heteroatoms. The zero-order valence-electron chi connectivity index (χ0n) is 45.4. The molecular weight excluding hydrogens is 863 g/mol. The lowest BCUT2D eigenvalue weighted by Gasteiger charge is -2.26. The zero-order chi connectivity index (χ0) is 50.6. The largest absolute Gasteiger partial charge is 0.545 e. The van der Waals surface area contributed by atoms with Crippen LogP contribution in [-0.2, 0) is 33.3 Å². The molecule has 0 aromatic heterocycles. The Bertz CT molecular complexity index is 1310. The third-order valence-corrected chi connectivity index (χ3v) is 12.2. The van der Waals surface area contributed by atoms with Crippen molar-refractivity contribution in [1.29, 1.82) is 0 Å². The molecule has 0 bridgehead atoms. The van der Waals surface area contributed by atoms with Gasteiger partial charge in [-0.05, 0) is 77.0 Å². The van der Waals surface area contributed by atoms with Crippen molar-refractivity contribution in [3.8, 4) is 0 Å².